The van der Waals surface area contributed by atoms with Crippen molar-refractivity contribution in [3.63, 3.8) is 0 Å². The van der Waals surface area contributed by atoms with E-state index in [4.69, 9.17) is 0 Å². The Morgan fingerprint density at radius 1 is 1.07 bits per heavy atom. The van der Waals surface area contributed by atoms with Crippen LogP contribution in [0.25, 0.3) is 0 Å². The van der Waals surface area contributed by atoms with Gasteiger partial charge in [0, 0.05) is 25.2 Å². The van der Waals surface area contributed by atoms with E-state index in [-0.39, 0.29) is 30.3 Å². The summed E-state index contributed by atoms with van der Waals surface area (Å²) in [5.41, 5.74) is 1.39. The van der Waals surface area contributed by atoms with Crippen LogP contribution in [-0.4, -0.2) is 43.0 Å². The summed E-state index contributed by atoms with van der Waals surface area (Å²) in [5, 5.41) is 10.1. The molecule has 1 aliphatic heterocycles. The van der Waals surface area contributed by atoms with Gasteiger partial charge in [0.1, 0.15) is 0 Å². The highest BCUT2D eigenvalue weighted by Gasteiger charge is 2.32. The Morgan fingerprint density at radius 3 is 2.37 bits per heavy atom. The highest BCUT2D eigenvalue weighted by molar-refractivity contribution is 7.91. The molecule has 1 fully saturated rings. The molecule has 2 aromatic carbocycles. The number of benzene rings is 2. The molecule has 0 spiro atoms. The summed E-state index contributed by atoms with van der Waals surface area (Å²) < 4.78 is 25.3. The number of hydrogen-bond acceptors (Lipinski definition) is 5. The first-order chi connectivity index (χ1) is 12.9. The number of nitro groups is 1. The van der Waals surface area contributed by atoms with E-state index >= 15 is 0 Å². The van der Waals surface area contributed by atoms with Gasteiger partial charge in [0.15, 0.2) is 9.84 Å². The van der Waals surface area contributed by atoms with E-state index in [9.17, 15) is 23.3 Å². The molecule has 1 heterocycles. The second-order valence-electron chi connectivity index (χ2n) is 6.54. The van der Waals surface area contributed by atoms with E-state index in [1.807, 2.05) is 18.2 Å². The van der Waals surface area contributed by atoms with Gasteiger partial charge in [-0.05, 0) is 17.5 Å². The third-order valence-electron chi connectivity index (χ3n) is 4.77. The van der Waals surface area contributed by atoms with Gasteiger partial charge in [-0.3, -0.25) is 14.9 Å². The van der Waals surface area contributed by atoms with E-state index < -0.39 is 20.0 Å². The fourth-order valence-corrected chi connectivity index (χ4v) is 5.05. The van der Waals surface area contributed by atoms with Gasteiger partial charge in [0.2, 0.25) is 5.91 Å². The predicted molar refractivity (Wildman–Crippen MR) is 101 cm³/mol. The average Bonchev–Trinajstić information content (AvgIpc) is 2.81. The molecule has 0 bridgehead atoms. The van der Waals surface area contributed by atoms with Crippen LogP contribution in [0.2, 0.25) is 0 Å². The van der Waals surface area contributed by atoms with E-state index in [1.54, 1.807) is 29.2 Å². The first-order valence-corrected chi connectivity index (χ1v) is 10.4. The summed E-state index contributed by atoms with van der Waals surface area (Å²) in [7, 11) is -3.34. The second-order valence-corrected chi connectivity index (χ2v) is 8.84. The molecule has 1 aliphatic rings. The second kappa shape index (κ2) is 7.87. The van der Waals surface area contributed by atoms with Crippen molar-refractivity contribution in [3.05, 3.63) is 75.8 Å². The number of nitrogens with zero attached hydrogens (tertiary/aromatic N) is 2. The van der Waals surface area contributed by atoms with Crippen molar-refractivity contribution < 1.29 is 18.1 Å². The number of rotatable bonds is 4. The molecule has 1 saturated heterocycles. The lowest BCUT2D eigenvalue weighted by atomic mass is 10.1. The lowest BCUT2D eigenvalue weighted by molar-refractivity contribution is -0.384. The zero-order chi connectivity index (χ0) is 19.4. The van der Waals surface area contributed by atoms with Gasteiger partial charge in [-0.15, -0.1) is 0 Å². The molecule has 0 saturated carbocycles. The Bertz CT molecular complexity index is 926. The number of sulfone groups is 1. The summed E-state index contributed by atoms with van der Waals surface area (Å²) in [6.07, 6.45) is 0.451. The van der Waals surface area contributed by atoms with Gasteiger partial charge in [-0.2, -0.15) is 0 Å². The SMILES string of the molecule is O=C(Cc1ccc([N+](=O)[O-])cc1)N1CCC(c2ccccc2)S(=O)(=O)CC1. The molecule has 0 radical (unpaired) electrons. The summed E-state index contributed by atoms with van der Waals surface area (Å²) in [4.78, 5) is 24.4. The molecule has 1 amide bonds. The Hall–Kier alpha value is -2.74. The maximum absolute atomic E-state index is 12.6. The number of non-ortho nitro benzene ring substituents is 1. The fraction of sp³-hybridized carbons (Fsp3) is 0.316. The van der Waals surface area contributed by atoms with Gasteiger partial charge in [0.25, 0.3) is 5.69 Å². The normalized spacial score (nSPS) is 19.3. The maximum atomic E-state index is 12.6. The molecule has 27 heavy (non-hydrogen) atoms. The minimum absolute atomic E-state index is 0.0298. The number of carbonyl (C=O) groups excluding carboxylic acids is 1. The quantitative estimate of drug-likeness (QED) is 0.592. The average molecular weight is 388 g/mol. The van der Waals surface area contributed by atoms with Crippen molar-refractivity contribution >= 4 is 21.4 Å². The number of carbonyl (C=O) groups is 1. The Balaban J connectivity index is 1.69. The molecule has 1 unspecified atom stereocenters. The van der Waals surface area contributed by atoms with Crippen LogP contribution in [-0.2, 0) is 21.1 Å². The molecule has 0 N–H and O–H groups in total. The van der Waals surface area contributed by atoms with Crippen LogP contribution in [0.4, 0.5) is 5.69 Å². The van der Waals surface area contributed by atoms with Crippen molar-refractivity contribution in [2.75, 3.05) is 18.8 Å². The molecule has 0 aromatic heterocycles. The first-order valence-electron chi connectivity index (χ1n) is 8.64. The van der Waals surface area contributed by atoms with Crippen LogP contribution < -0.4 is 0 Å². The van der Waals surface area contributed by atoms with E-state index in [0.717, 1.165) is 5.56 Å². The highest BCUT2D eigenvalue weighted by atomic mass is 32.2. The van der Waals surface area contributed by atoms with Crippen molar-refractivity contribution in [1.29, 1.82) is 0 Å². The molecule has 8 heteroatoms. The number of nitro benzene ring substituents is 1. The molecular weight excluding hydrogens is 368 g/mol. The molecule has 1 atom stereocenters. The summed E-state index contributed by atoms with van der Waals surface area (Å²) in [5.74, 6) is -0.244. The minimum atomic E-state index is -3.34. The summed E-state index contributed by atoms with van der Waals surface area (Å²) in [6, 6.07) is 14.9. The molecule has 142 valence electrons. The predicted octanol–water partition coefficient (Wildman–Crippen LogP) is 2.53. The number of amides is 1. The summed E-state index contributed by atoms with van der Waals surface area (Å²) in [6.45, 7) is 0.530. The molecule has 2 aromatic rings. The van der Waals surface area contributed by atoms with Gasteiger partial charge < -0.3 is 4.90 Å². The van der Waals surface area contributed by atoms with Crippen LogP contribution in [0.1, 0.15) is 22.8 Å². The zero-order valence-electron chi connectivity index (χ0n) is 14.7. The van der Waals surface area contributed by atoms with Crippen molar-refractivity contribution in [2.24, 2.45) is 0 Å². The molecule has 3 rings (SSSR count). The smallest absolute Gasteiger partial charge is 0.269 e. The standard InChI is InChI=1S/C19H20N2O5S/c22-19(14-15-6-8-17(9-7-15)21(23)24)20-11-10-18(27(25,26)13-12-20)16-4-2-1-3-5-16/h1-9,18H,10-14H2. The molecular formula is C19H20N2O5S. The Labute approximate surface area is 157 Å². The van der Waals surface area contributed by atoms with Gasteiger partial charge in [0.05, 0.1) is 22.3 Å². The largest absolute Gasteiger partial charge is 0.341 e. The van der Waals surface area contributed by atoms with Crippen LogP contribution in [0.5, 0.6) is 0 Å². The lowest BCUT2D eigenvalue weighted by Crippen LogP contribution is -2.34. The van der Waals surface area contributed by atoms with Crippen molar-refractivity contribution in [3.8, 4) is 0 Å². The summed E-state index contributed by atoms with van der Waals surface area (Å²) >= 11 is 0. The van der Waals surface area contributed by atoms with E-state index in [0.29, 0.717) is 18.5 Å². The third kappa shape index (κ3) is 4.51. The fourth-order valence-electron chi connectivity index (χ4n) is 3.26. The van der Waals surface area contributed by atoms with E-state index in [1.165, 1.54) is 12.1 Å². The lowest BCUT2D eigenvalue weighted by Gasteiger charge is -2.20. The Morgan fingerprint density at radius 2 is 1.74 bits per heavy atom. The Kier molecular flexibility index (Phi) is 5.55. The monoisotopic (exact) mass is 388 g/mol. The van der Waals surface area contributed by atoms with Gasteiger partial charge >= 0.3 is 0 Å². The third-order valence-corrected chi connectivity index (χ3v) is 6.89. The molecule has 0 aliphatic carbocycles. The van der Waals surface area contributed by atoms with Crippen LogP contribution in [0.3, 0.4) is 0 Å². The number of hydrogen-bond donors (Lipinski definition) is 0. The zero-order valence-corrected chi connectivity index (χ0v) is 15.5. The van der Waals surface area contributed by atoms with Crippen molar-refractivity contribution in [1.82, 2.24) is 4.90 Å². The highest BCUT2D eigenvalue weighted by Crippen LogP contribution is 2.29. The minimum Gasteiger partial charge on any atom is -0.341 e. The van der Waals surface area contributed by atoms with Gasteiger partial charge in [-0.1, -0.05) is 42.5 Å². The maximum Gasteiger partial charge on any atom is 0.269 e. The van der Waals surface area contributed by atoms with Crippen LogP contribution >= 0.6 is 0 Å². The first kappa shape index (κ1) is 19.0. The van der Waals surface area contributed by atoms with Crippen molar-refractivity contribution in [2.45, 2.75) is 18.1 Å². The van der Waals surface area contributed by atoms with Crippen LogP contribution in [0.15, 0.2) is 54.6 Å². The van der Waals surface area contributed by atoms with Gasteiger partial charge in [-0.25, -0.2) is 8.42 Å². The topological polar surface area (TPSA) is 97.6 Å². The molecule has 7 nitrogen and oxygen atoms in total. The van der Waals surface area contributed by atoms with Crippen LogP contribution in [0, 0.1) is 10.1 Å². The van der Waals surface area contributed by atoms with E-state index in [2.05, 4.69) is 0 Å².